The molecule has 0 saturated heterocycles. The van der Waals surface area contributed by atoms with Crippen molar-refractivity contribution in [2.75, 3.05) is 19.0 Å². The average molecular weight is 202 g/mol. The van der Waals surface area contributed by atoms with E-state index in [4.69, 9.17) is 4.74 Å². The number of aromatic nitrogens is 1. The number of methoxy groups -OCH3 is 1. The van der Waals surface area contributed by atoms with Crippen molar-refractivity contribution >= 4 is 5.69 Å². The lowest BCUT2D eigenvalue weighted by atomic mass is 10.3. The van der Waals surface area contributed by atoms with Gasteiger partial charge >= 0.3 is 0 Å². The largest absolute Gasteiger partial charge is 0.493 e. The molecule has 0 bridgehead atoms. The molecule has 1 heterocycles. The number of alkyl halides is 2. The fourth-order valence-corrected chi connectivity index (χ4v) is 1.04. The van der Waals surface area contributed by atoms with Gasteiger partial charge in [-0.15, -0.1) is 0 Å². The summed E-state index contributed by atoms with van der Waals surface area (Å²) in [5, 5.41) is 2.59. The van der Waals surface area contributed by atoms with Crippen molar-refractivity contribution in [3.05, 3.63) is 18.0 Å². The third-order valence-corrected chi connectivity index (χ3v) is 1.67. The summed E-state index contributed by atoms with van der Waals surface area (Å²) in [7, 11) is 1.47. The number of ether oxygens (including phenoxy) is 1. The minimum absolute atomic E-state index is 0.389. The number of hydrogen-bond donors (Lipinski definition) is 1. The van der Waals surface area contributed by atoms with Crippen molar-refractivity contribution in [1.82, 2.24) is 4.98 Å². The van der Waals surface area contributed by atoms with Crippen LogP contribution in [0.3, 0.4) is 0 Å². The number of anilines is 1. The number of rotatable bonds is 4. The summed E-state index contributed by atoms with van der Waals surface area (Å²) in [6.07, 6.45) is -0.878. The molecule has 0 fully saturated rings. The molecular weight excluding hydrogens is 190 g/mol. The molecule has 0 unspecified atom stereocenters. The van der Waals surface area contributed by atoms with E-state index in [1.165, 1.54) is 13.3 Å². The molecule has 0 aliphatic carbocycles. The van der Waals surface area contributed by atoms with Gasteiger partial charge in [0.25, 0.3) is 6.43 Å². The summed E-state index contributed by atoms with van der Waals surface area (Å²) < 4.78 is 28.8. The van der Waals surface area contributed by atoms with E-state index in [0.717, 1.165) is 5.69 Å². The van der Waals surface area contributed by atoms with Gasteiger partial charge in [-0.1, -0.05) is 0 Å². The van der Waals surface area contributed by atoms with Crippen molar-refractivity contribution in [3.8, 4) is 5.75 Å². The van der Waals surface area contributed by atoms with Crippen LogP contribution in [-0.4, -0.2) is 25.1 Å². The Kier molecular flexibility index (Phi) is 3.62. The monoisotopic (exact) mass is 202 g/mol. The first-order valence-electron chi connectivity index (χ1n) is 4.16. The van der Waals surface area contributed by atoms with Gasteiger partial charge in [0.15, 0.2) is 5.75 Å². The second-order valence-corrected chi connectivity index (χ2v) is 2.80. The highest BCUT2D eigenvalue weighted by atomic mass is 19.3. The molecule has 5 heteroatoms. The standard InChI is InChI=1S/C9H12F2N2O/c1-6-3-7(13-5-9(10)11)8(14-2)4-12-6/h3-4,9H,5H2,1-2H3,(H,12,13). The zero-order valence-electron chi connectivity index (χ0n) is 8.05. The molecule has 78 valence electrons. The molecule has 0 aliphatic rings. The summed E-state index contributed by atoms with van der Waals surface area (Å²) in [6.45, 7) is 1.40. The molecule has 0 radical (unpaired) electrons. The highest BCUT2D eigenvalue weighted by Crippen LogP contribution is 2.23. The topological polar surface area (TPSA) is 34.1 Å². The second-order valence-electron chi connectivity index (χ2n) is 2.80. The van der Waals surface area contributed by atoms with Crippen LogP contribution in [0.1, 0.15) is 5.69 Å². The number of aryl methyl sites for hydroxylation is 1. The van der Waals surface area contributed by atoms with Gasteiger partial charge in [0.2, 0.25) is 0 Å². The van der Waals surface area contributed by atoms with E-state index in [9.17, 15) is 8.78 Å². The average Bonchev–Trinajstić information content (AvgIpc) is 2.15. The van der Waals surface area contributed by atoms with Crippen molar-refractivity contribution < 1.29 is 13.5 Å². The maximum atomic E-state index is 11.9. The van der Waals surface area contributed by atoms with Gasteiger partial charge in [-0.05, 0) is 13.0 Å². The molecular formula is C9H12F2N2O. The molecule has 0 aliphatic heterocycles. The SMILES string of the molecule is COc1cnc(C)cc1NCC(F)F. The Balaban J connectivity index is 2.77. The molecule has 1 rings (SSSR count). The summed E-state index contributed by atoms with van der Waals surface area (Å²) in [5.74, 6) is 0.469. The number of halogens is 2. The minimum atomic E-state index is -2.38. The lowest BCUT2D eigenvalue weighted by molar-refractivity contribution is 0.163. The van der Waals surface area contributed by atoms with Crippen LogP contribution in [0.15, 0.2) is 12.3 Å². The molecule has 0 saturated carbocycles. The van der Waals surface area contributed by atoms with E-state index < -0.39 is 6.43 Å². The van der Waals surface area contributed by atoms with E-state index in [1.54, 1.807) is 13.0 Å². The van der Waals surface area contributed by atoms with Crippen LogP contribution in [0, 0.1) is 6.92 Å². The van der Waals surface area contributed by atoms with Gasteiger partial charge in [-0.25, -0.2) is 8.78 Å². The first-order chi connectivity index (χ1) is 6.63. The molecule has 14 heavy (non-hydrogen) atoms. The minimum Gasteiger partial charge on any atom is -0.493 e. The lowest BCUT2D eigenvalue weighted by Crippen LogP contribution is -2.11. The van der Waals surface area contributed by atoms with Gasteiger partial charge < -0.3 is 10.1 Å². The van der Waals surface area contributed by atoms with E-state index in [1.807, 2.05) is 0 Å². The van der Waals surface area contributed by atoms with Crippen LogP contribution in [-0.2, 0) is 0 Å². The smallest absolute Gasteiger partial charge is 0.255 e. The quantitative estimate of drug-likeness (QED) is 0.811. The van der Waals surface area contributed by atoms with E-state index >= 15 is 0 Å². The second kappa shape index (κ2) is 4.74. The third kappa shape index (κ3) is 2.83. The fourth-order valence-electron chi connectivity index (χ4n) is 1.04. The summed E-state index contributed by atoms with van der Waals surface area (Å²) >= 11 is 0. The summed E-state index contributed by atoms with van der Waals surface area (Å²) in [4.78, 5) is 3.99. The summed E-state index contributed by atoms with van der Waals surface area (Å²) in [5.41, 5.74) is 1.29. The molecule has 0 atom stereocenters. The van der Waals surface area contributed by atoms with Crippen molar-refractivity contribution in [1.29, 1.82) is 0 Å². The number of nitrogens with one attached hydrogen (secondary N) is 1. The van der Waals surface area contributed by atoms with Crippen LogP contribution >= 0.6 is 0 Å². The summed E-state index contributed by atoms with van der Waals surface area (Å²) in [6, 6.07) is 1.67. The molecule has 1 aromatic rings. The number of nitrogens with zero attached hydrogens (tertiary/aromatic N) is 1. The van der Waals surface area contributed by atoms with Crippen LogP contribution in [0.2, 0.25) is 0 Å². The molecule has 0 spiro atoms. The van der Waals surface area contributed by atoms with Gasteiger partial charge in [0, 0.05) is 5.69 Å². The first kappa shape index (κ1) is 10.7. The Morgan fingerprint density at radius 3 is 2.86 bits per heavy atom. The molecule has 0 aromatic carbocycles. The Hall–Kier alpha value is -1.39. The van der Waals surface area contributed by atoms with Crippen molar-refractivity contribution in [2.24, 2.45) is 0 Å². The Morgan fingerprint density at radius 2 is 2.29 bits per heavy atom. The van der Waals surface area contributed by atoms with Crippen LogP contribution in [0.5, 0.6) is 5.75 Å². The van der Waals surface area contributed by atoms with Crippen LogP contribution in [0.4, 0.5) is 14.5 Å². The van der Waals surface area contributed by atoms with Crippen LogP contribution < -0.4 is 10.1 Å². The van der Waals surface area contributed by atoms with Gasteiger partial charge in [-0.3, -0.25) is 4.98 Å². The van der Waals surface area contributed by atoms with Gasteiger partial charge in [0.1, 0.15) is 0 Å². The first-order valence-corrected chi connectivity index (χ1v) is 4.16. The van der Waals surface area contributed by atoms with E-state index in [2.05, 4.69) is 10.3 Å². The molecule has 1 N–H and O–H groups in total. The zero-order valence-corrected chi connectivity index (χ0v) is 8.05. The Bertz CT molecular complexity index is 305. The maximum absolute atomic E-state index is 11.9. The third-order valence-electron chi connectivity index (χ3n) is 1.67. The van der Waals surface area contributed by atoms with Gasteiger partial charge in [0.05, 0.1) is 25.5 Å². The van der Waals surface area contributed by atoms with Crippen molar-refractivity contribution in [2.45, 2.75) is 13.3 Å². The highest BCUT2D eigenvalue weighted by Gasteiger charge is 2.06. The zero-order chi connectivity index (χ0) is 10.6. The van der Waals surface area contributed by atoms with Crippen LogP contribution in [0.25, 0.3) is 0 Å². The van der Waals surface area contributed by atoms with Gasteiger partial charge in [-0.2, -0.15) is 0 Å². The predicted molar refractivity (Wildman–Crippen MR) is 50.0 cm³/mol. The molecule has 3 nitrogen and oxygen atoms in total. The highest BCUT2D eigenvalue weighted by molar-refractivity contribution is 5.55. The normalized spacial score (nSPS) is 10.4. The maximum Gasteiger partial charge on any atom is 0.255 e. The molecule has 0 amide bonds. The Morgan fingerprint density at radius 1 is 1.57 bits per heavy atom. The van der Waals surface area contributed by atoms with E-state index in [-0.39, 0.29) is 6.54 Å². The van der Waals surface area contributed by atoms with E-state index in [0.29, 0.717) is 11.4 Å². The fraction of sp³-hybridized carbons (Fsp3) is 0.444. The molecule has 1 aromatic heterocycles. The number of hydrogen-bond acceptors (Lipinski definition) is 3. The Labute approximate surface area is 81.1 Å². The number of pyridine rings is 1. The predicted octanol–water partition coefficient (Wildman–Crippen LogP) is 2.08. The van der Waals surface area contributed by atoms with Crippen molar-refractivity contribution in [3.63, 3.8) is 0 Å². The lowest BCUT2D eigenvalue weighted by Gasteiger charge is -2.10.